The van der Waals surface area contributed by atoms with Gasteiger partial charge in [0.1, 0.15) is 0 Å². The van der Waals surface area contributed by atoms with Gasteiger partial charge >= 0.3 is 6.03 Å². The molecule has 2 aromatic rings. The molecule has 1 heterocycles. The van der Waals surface area contributed by atoms with Crippen molar-refractivity contribution in [3.8, 4) is 11.4 Å². The number of aromatic nitrogens is 2. The van der Waals surface area contributed by atoms with Crippen LogP contribution < -0.4 is 10.6 Å². The van der Waals surface area contributed by atoms with Gasteiger partial charge in [-0.15, -0.1) is 0 Å². The highest BCUT2D eigenvalue weighted by Crippen LogP contribution is 2.18. The van der Waals surface area contributed by atoms with Crippen molar-refractivity contribution in [1.29, 1.82) is 0 Å². The Labute approximate surface area is 141 Å². The summed E-state index contributed by atoms with van der Waals surface area (Å²) in [5.74, 6) is 1.18. The summed E-state index contributed by atoms with van der Waals surface area (Å²) in [4.78, 5) is 16.1. The SMILES string of the molecule is CC(CCO)CNC(=O)NCC(C)c1nc(-c2ccccc2)no1. The number of nitrogens with one attached hydrogen (secondary N) is 2. The molecule has 3 N–H and O–H groups in total. The van der Waals surface area contributed by atoms with Crippen LogP contribution in [0.1, 0.15) is 32.1 Å². The molecule has 1 aromatic carbocycles. The average molecular weight is 332 g/mol. The Kier molecular flexibility index (Phi) is 6.74. The van der Waals surface area contributed by atoms with Crippen LogP contribution in [0.3, 0.4) is 0 Å². The zero-order valence-corrected chi connectivity index (χ0v) is 14.0. The summed E-state index contributed by atoms with van der Waals surface area (Å²) in [7, 11) is 0. The van der Waals surface area contributed by atoms with E-state index in [9.17, 15) is 4.79 Å². The topological polar surface area (TPSA) is 100 Å². The van der Waals surface area contributed by atoms with Gasteiger partial charge in [0.25, 0.3) is 0 Å². The number of benzene rings is 1. The molecule has 0 bridgehead atoms. The fourth-order valence-corrected chi connectivity index (χ4v) is 2.12. The van der Waals surface area contributed by atoms with E-state index in [4.69, 9.17) is 9.63 Å². The van der Waals surface area contributed by atoms with Crippen molar-refractivity contribution in [3.63, 3.8) is 0 Å². The summed E-state index contributed by atoms with van der Waals surface area (Å²) < 4.78 is 5.28. The van der Waals surface area contributed by atoms with E-state index in [1.54, 1.807) is 0 Å². The molecule has 2 amide bonds. The first-order valence-corrected chi connectivity index (χ1v) is 8.11. The lowest BCUT2D eigenvalue weighted by Crippen LogP contribution is -2.39. The molecule has 0 aliphatic rings. The molecule has 0 radical (unpaired) electrons. The molecule has 0 spiro atoms. The third kappa shape index (κ3) is 5.34. The predicted molar refractivity (Wildman–Crippen MR) is 90.4 cm³/mol. The van der Waals surface area contributed by atoms with Crippen LogP contribution in [0.5, 0.6) is 0 Å². The third-order valence-corrected chi connectivity index (χ3v) is 3.70. The Morgan fingerprint density at radius 2 is 1.92 bits per heavy atom. The number of aliphatic hydroxyl groups excluding tert-OH is 1. The van der Waals surface area contributed by atoms with E-state index >= 15 is 0 Å². The van der Waals surface area contributed by atoms with Gasteiger partial charge in [0.2, 0.25) is 11.7 Å². The van der Waals surface area contributed by atoms with Crippen LogP contribution in [-0.2, 0) is 0 Å². The van der Waals surface area contributed by atoms with Crippen molar-refractivity contribution < 1.29 is 14.4 Å². The van der Waals surface area contributed by atoms with Crippen LogP contribution in [0.2, 0.25) is 0 Å². The zero-order valence-electron chi connectivity index (χ0n) is 14.0. The maximum absolute atomic E-state index is 11.8. The second-order valence-corrected chi connectivity index (χ2v) is 5.93. The first-order valence-electron chi connectivity index (χ1n) is 8.11. The molecule has 130 valence electrons. The van der Waals surface area contributed by atoms with Crippen LogP contribution in [0.4, 0.5) is 4.79 Å². The van der Waals surface area contributed by atoms with E-state index in [-0.39, 0.29) is 24.5 Å². The van der Waals surface area contributed by atoms with Gasteiger partial charge in [-0.05, 0) is 12.3 Å². The normalized spacial score (nSPS) is 13.3. The maximum atomic E-state index is 11.8. The molecule has 24 heavy (non-hydrogen) atoms. The number of amides is 2. The summed E-state index contributed by atoms with van der Waals surface area (Å²) in [6, 6.07) is 9.35. The molecule has 0 fully saturated rings. The van der Waals surface area contributed by atoms with Gasteiger partial charge in [-0.1, -0.05) is 49.3 Å². The average Bonchev–Trinajstić information content (AvgIpc) is 3.09. The Morgan fingerprint density at radius 1 is 1.21 bits per heavy atom. The number of hydrogen-bond acceptors (Lipinski definition) is 5. The number of rotatable bonds is 8. The van der Waals surface area contributed by atoms with E-state index in [2.05, 4.69) is 20.8 Å². The van der Waals surface area contributed by atoms with Gasteiger partial charge in [-0.3, -0.25) is 0 Å². The summed E-state index contributed by atoms with van der Waals surface area (Å²) in [6.45, 7) is 4.94. The molecule has 1 aromatic heterocycles. The Morgan fingerprint density at radius 3 is 2.62 bits per heavy atom. The van der Waals surface area contributed by atoms with E-state index in [0.717, 1.165) is 5.56 Å². The molecule has 2 atom stereocenters. The van der Waals surface area contributed by atoms with Crippen molar-refractivity contribution in [2.75, 3.05) is 19.7 Å². The van der Waals surface area contributed by atoms with Gasteiger partial charge in [-0.2, -0.15) is 4.98 Å². The van der Waals surface area contributed by atoms with Crippen molar-refractivity contribution in [1.82, 2.24) is 20.8 Å². The summed E-state index contributed by atoms with van der Waals surface area (Å²) in [6.07, 6.45) is 0.668. The third-order valence-electron chi connectivity index (χ3n) is 3.70. The molecular weight excluding hydrogens is 308 g/mol. The first-order chi connectivity index (χ1) is 11.6. The summed E-state index contributed by atoms with van der Waals surface area (Å²) >= 11 is 0. The molecule has 0 saturated carbocycles. The number of hydrogen-bond donors (Lipinski definition) is 3. The zero-order chi connectivity index (χ0) is 17.4. The van der Waals surface area contributed by atoms with Crippen LogP contribution >= 0.6 is 0 Å². The van der Waals surface area contributed by atoms with Gasteiger partial charge < -0.3 is 20.3 Å². The quantitative estimate of drug-likeness (QED) is 0.688. The smallest absolute Gasteiger partial charge is 0.314 e. The Hall–Kier alpha value is -2.41. The summed E-state index contributed by atoms with van der Waals surface area (Å²) in [5, 5.41) is 18.4. The monoisotopic (exact) mass is 332 g/mol. The van der Waals surface area contributed by atoms with Crippen molar-refractivity contribution >= 4 is 6.03 Å². The number of nitrogens with zero attached hydrogens (tertiary/aromatic N) is 2. The Bertz CT molecular complexity index is 630. The number of carbonyl (C=O) groups excluding carboxylic acids is 1. The largest absolute Gasteiger partial charge is 0.396 e. The molecule has 2 rings (SSSR count). The van der Waals surface area contributed by atoms with Gasteiger partial charge in [-0.25, -0.2) is 4.79 Å². The molecule has 7 nitrogen and oxygen atoms in total. The fourth-order valence-electron chi connectivity index (χ4n) is 2.12. The highest BCUT2D eigenvalue weighted by molar-refractivity contribution is 5.73. The second-order valence-electron chi connectivity index (χ2n) is 5.93. The van der Waals surface area contributed by atoms with E-state index in [1.165, 1.54) is 0 Å². The highest BCUT2D eigenvalue weighted by Gasteiger charge is 2.16. The Balaban J connectivity index is 1.79. The minimum Gasteiger partial charge on any atom is -0.396 e. The number of carbonyl (C=O) groups is 1. The van der Waals surface area contributed by atoms with Crippen molar-refractivity contribution in [2.24, 2.45) is 5.92 Å². The van der Waals surface area contributed by atoms with Crippen molar-refractivity contribution in [3.05, 3.63) is 36.2 Å². The highest BCUT2D eigenvalue weighted by atomic mass is 16.5. The van der Waals surface area contributed by atoms with Gasteiger partial charge in [0.15, 0.2) is 0 Å². The van der Waals surface area contributed by atoms with E-state index in [0.29, 0.717) is 31.2 Å². The minimum absolute atomic E-state index is 0.0874. The van der Waals surface area contributed by atoms with Crippen LogP contribution in [-0.4, -0.2) is 41.0 Å². The van der Waals surface area contributed by atoms with E-state index in [1.807, 2.05) is 44.2 Å². The molecule has 0 aliphatic carbocycles. The fraction of sp³-hybridized carbons (Fsp3) is 0.471. The second kappa shape index (κ2) is 9.02. The number of aliphatic hydroxyl groups is 1. The standard InChI is InChI=1S/C17H24N4O3/c1-12(8-9-22)10-18-17(23)19-11-13(2)16-20-15(21-24-16)14-6-4-3-5-7-14/h3-7,12-13,22H,8-11H2,1-2H3,(H2,18,19,23). The lowest BCUT2D eigenvalue weighted by molar-refractivity contribution is 0.233. The van der Waals surface area contributed by atoms with Gasteiger partial charge in [0.05, 0.1) is 5.92 Å². The van der Waals surface area contributed by atoms with Gasteiger partial charge in [0, 0.05) is 25.3 Å². The predicted octanol–water partition coefficient (Wildman–Crippen LogP) is 2.16. The summed E-state index contributed by atoms with van der Waals surface area (Å²) in [5.41, 5.74) is 0.892. The lowest BCUT2D eigenvalue weighted by atomic mass is 10.1. The maximum Gasteiger partial charge on any atom is 0.314 e. The molecular formula is C17H24N4O3. The lowest BCUT2D eigenvalue weighted by Gasteiger charge is -2.13. The van der Waals surface area contributed by atoms with Crippen molar-refractivity contribution in [2.45, 2.75) is 26.2 Å². The molecule has 0 aliphatic heterocycles. The molecule has 7 heteroatoms. The number of urea groups is 1. The van der Waals surface area contributed by atoms with Crippen LogP contribution in [0.15, 0.2) is 34.9 Å². The molecule has 0 saturated heterocycles. The van der Waals surface area contributed by atoms with E-state index < -0.39 is 0 Å². The van der Waals surface area contributed by atoms with Crippen LogP contribution in [0.25, 0.3) is 11.4 Å². The molecule has 2 unspecified atom stereocenters. The van der Waals surface area contributed by atoms with Crippen LogP contribution in [0, 0.1) is 5.92 Å². The minimum atomic E-state index is -0.241. The first kappa shape index (κ1) is 17.9.